The quantitative estimate of drug-likeness (QED) is 0.310. The van der Waals surface area contributed by atoms with E-state index in [0.29, 0.717) is 22.9 Å². The number of nitrogens with zero attached hydrogens (tertiary/aromatic N) is 4. The number of halogens is 1. The van der Waals surface area contributed by atoms with Gasteiger partial charge in [-0.25, -0.2) is 18.7 Å². The molecule has 0 fully saturated rings. The van der Waals surface area contributed by atoms with Crippen LogP contribution >= 0.6 is 0 Å². The van der Waals surface area contributed by atoms with E-state index in [-0.39, 0.29) is 36.7 Å². The van der Waals surface area contributed by atoms with E-state index in [1.165, 1.54) is 17.0 Å². The average molecular weight is 499 g/mol. The molecule has 8 heteroatoms. The minimum absolute atomic E-state index is 0.0391. The van der Waals surface area contributed by atoms with Gasteiger partial charge in [-0.1, -0.05) is 62.4 Å². The number of imidazole rings is 1. The number of rotatable bonds is 8. The molecular formula is C29H27FN4O3. The molecule has 0 saturated carbocycles. The molecule has 0 spiro atoms. The lowest BCUT2D eigenvalue weighted by molar-refractivity contribution is 0.293. The Morgan fingerprint density at radius 2 is 1.62 bits per heavy atom. The minimum Gasteiger partial charge on any atom is -0.492 e. The third-order valence-corrected chi connectivity index (χ3v) is 6.34. The van der Waals surface area contributed by atoms with Crippen LogP contribution in [0.25, 0.3) is 16.9 Å². The fraction of sp³-hybridized carbons (Fsp3) is 0.207. The Kier molecular flexibility index (Phi) is 6.72. The van der Waals surface area contributed by atoms with E-state index >= 15 is 0 Å². The van der Waals surface area contributed by atoms with Crippen molar-refractivity contribution in [2.45, 2.75) is 32.9 Å². The van der Waals surface area contributed by atoms with E-state index in [1.807, 2.05) is 54.6 Å². The summed E-state index contributed by atoms with van der Waals surface area (Å²) >= 11 is 0. The number of hydrogen-bond acceptors (Lipinski definition) is 4. The second-order valence-electron chi connectivity index (χ2n) is 9.12. The SMILES string of the molecule is CC(C)c1ccc(-n2c(=O)n(CCOc3ccccc3)c(=O)c3c2ncn3Cc2ccccc2F)cc1. The molecule has 0 bridgehead atoms. The van der Waals surface area contributed by atoms with E-state index in [2.05, 4.69) is 18.8 Å². The Hall–Kier alpha value is -4.46. The van der Waals surface area contributed by atoms with Crippen molar-refractivity contribution in [3.05, 3.63) is 123 Å². The van der Waals surface area contributed by atoms with Crippen LogP contribution in [0.15, 0.2) is 94.8 Å². The van der Waals surface area contributed by atoms with Crippen molar-refractivity contribution in [1.29, 1.82) is 0 Å². The summed E-state index contributed by atoms with van der Waals surface area (Å²) in [4.78, 5) is 31.7. The summed E-state index contributed by atoms with van der Waals surface area (Å²) in [6, 6.07) is 23.2. The van der Waals surface area contributed by atoms with Crippen molar-refractivity contribution >= 4 is 11.2 Å². The van der Waals surface area contributed by atoms with Gasteiger partial charge >= 0.3 is 5.69 Å². The van der Waals surface area contributed by atoms with Crippen molar-refractivity contribution in [3.8, 4) is 11.4 Å². The molecule has 2 heterocycles. The van der Waals surface area contributed by atoms with Gasteiger partial charge in [0.15, 0.2) is 11.2 Å². The average Bonchev–Trinajstić information content (AvgIpc) is 3.31. The Labute approximate surface area is 213 Å². The highest BCUT2D eigenvalue weighted by Gasteiger charge is 2.20. The topological polar surface area (TPSA) is 71.1 Å². The van der Waals surface area contributed by atoms with Crippen molar-refractivity contribution in [3.63, 3.8) is 0 Å². The largest absolute Gasteiger partial charge is 0.492 e. The van der Waals surface area contributed by atoms with Gasteiger partial charge in [-0.05, 0) is 41.8 Å². The van der Waals surface area contributed by atoms with E-state index in [0.717, 1.165) is 10.1 Å². The van der Waals surface area contributed by atoms with Gasteiger partial charge in [0, 0.05) is 5.56 Å². The summed E-state index contributed by atoms with van der Waals surface area (Å²) in [7, 11) is 0. The molecule has 188 valence electrons. The number of fused-ring (bicyclic) bond motifs is 1. The van der Waals surface area contributed by atoms with Crippen molar-refractivity contribution in [1.82, 2.24) is 18.7 Å². The first-order valence-electron chi connectivity index (χ1n) is 12.2. The van der Waals surface area contributed by atoms with Gasteiger partial charge in [0.1, 0.15) is 18.2 Å². The van der Waals surface area contributed by atoms with E-state index in [9.17, 15) is 14.0 Å². The highest BCUT2D eigenvalue weighted by molar-refractivity contribution is 5.72. The van der Waals surface area contributed by atoms with E-state index < -0.39 is 11.2 Å². The van der Waals surface area contributed by atoms with Crippen LogP contribution in [0, 0.1) is 5.82 Å². The van der Waals surface area contributed by atoms with Gasteiger partial charge < -0.3 is 9.30 Å². The highest BCUT2D eigenvalue weighted by atomic mass is 19.1. The molecule has 0 aliphatic carbocycles. The van der Waals surface area contributed by atoms with Crippen molar-refractivity contribution < 1.29 is 9.13 Å². The van der Waals surface area contributed by atoms with Gasteiger partial charge in [-0.3, -0.25) is 9.36 Å². The molecule has 0 aliphatic rings. The molecule has 5 rings (SSSR count). The van der Waals surface area contributed by atoms with E-state index in [4.69, 9.17) is 4.74 Å². The Balaban J connectivity index is 1.63. The van der Waals surface area contributed by atoms with Crippen LogP contribution in [0.3, 0.4) is 0 Å². The fourth-order valence-electron chi connectivity index (χ4n) is 4.32. The zero-order valence-electron chi connectivity index (χ0n) is 20.7. The predicted molar refractivity (Wildman–Crippen MR) is 141 cm³/mol. The van der Waals surface area contributed by atoms with Crippen molar-refractivity contribution in [2.75, 3.05) is 6.61 Å². The summed E-state index contributed by atoms with van der Waals surface area (Å²) in [6.07, 6.45) is 1.47. The Morgan fingerprint density at radius 1 is 0.919 bits per heavy atom. The number of aromatic nitrogens is 4. The predicted octanol–water partition coefficient (Wildman–Crippen LogP) is 4.74. The first-order chi connectivity index (χ1) is 17.9. The van der Waals surface area contributed by atoms with Crippen LogP contribution in [0.2, 0.25) is 0 Å². The maximum atomic E-state index is 14.4. The van der Waals surface area contributed by atoms with Crippen LogP contribution in [0.4, 0.5) is 4.39 Å². The Morgan fingerprint density at radius 3 is 2.32 bits per heavy atom. The van der Waals surface area contributed by atoms with Gasteiger partial charge in [0.2, 0.25) is 0 Å². The molecule has 0 aliphatic heterocycles. The normalized spacial score (nSPS) is 11.4. The van der Waals surface area contributed by atoms with Crippen LogP contribution in [-0.2, 0) is 13.1 Å². The Bertz CT molecular complexity index is 1650. The summed E-state index contributed by atoms with van der Waals surface area (Å²) < 4.78 is 24.3. The fourth-order valence-corrected chi connectivity index (χ4v) is 4.32. The smallest absolute Gasteiger partial charge is 0.337 e. The summed E-state index contributed by atoms with van der Waals surface area (Å²) in [5, 5.41) is 0. The lowest BCUT2D eigenvalue weighted by Crippen LogP contribution is -2.41. The van der Waals surface area contributed by atoms with Gasteiger partial charge in [-0.2, -0.15) is 0 Å². The standard InChI is InChI=1S/C29H27FN4O3/c1-20(2)21-12-14-23(15-13-21)34-27-26(32(19-31-27)18-22-8-6-7-11-25(22)30)28(35)33(29(34)36)16-17-37-24-9-4-3-5-10-24/h3-15,19-20H,16-18H2,1-2H3. The number of ether oxygens (including phenoxy) is 1. The molecule has 5 aromatic rings. The molecule has 0 radical (unpaired) electrons. The molecule has 7 nitrogen and oxygen atoms in total. The minimum atomic E-state index is -0.511. The molecular weight excluding hydrogens is 471 g/mol. The van der Waals surface area contributed by atoms with Gasteiger partial charge in [0.25, 0.3) is 5.56 Å². The number of para-hydroxylation sites is 1. The van der Waals surface area contributed by atoms with E-state index in [1.54, 1.807) is 22.8 Å². The van der Waals surface area contributed by atoms with Crippen LogP contribution < -0.4 is 16.0 Å². The lowest BCUT2D eigenvalue weighted by atomic mass is 10.0. The van der Waals surface area contributed by atoms with Gasteiger partial charge in [0.05, 0.1) is 25.1 Å². The second-order valence-corrected chi connectivity index (χ2v) is 9.12. The summed E-state index contributed by atoms with van der Waals surface area (Å²) in [6.45, 7) is 4.45. The zero-order chi connectivity index (χ0) is 25.9. The molecule has 0 unspecified atom stereocenters. The number of benzene rings is 3. The van der Waals surface area contributed by atoms with Crippen LogP contribution in [0.5, 0.6) is 5.75 Å². The summed E-state index contributed by atoms with van der Waals surface area (Å²) in [5.41, 5.74) is 1.57. The molecule has 0 atom stereocenters. The third-order valence-electron chi connectivity index (χ3n) is 6.34. The first-order valence-corrected chi connectivity index (χ1v) is 12.2. The van der Waals surface area contributed by atoms with Crippen LogP contribution in [-0.4, -0.2) is 25.3 Å². The highest BCUT2D eigenvalue weighted by Crippen LogP contribution is 2.19. The molecule has 0 amide bonds. The lowest BCUT2D eigenvalue weighted by Gasteiger charge is -2.14. The van der Waals surface area contributed by atoms with Crippen LogP contribution in [0.1, 0.15) is 30.9 Å². The third kappa shape index (κ3) is 4.82. The maximum Gasteiger partial charge on any atom is 0.337 e. The molecule has 0 N–H and O–H groups in total. The first kappa shape index (κ1) is 24.2. The second kappa shape index (κ2) is 10.3. The number of hydrogen-bond donors (Lipinski definition) is 0. The molecule has 37 heavy (non-hydrogen) atoms. The molecule has 2 aromatic heterocycles. The maximum absolute atomic E-state index is 14.4. The van der Waals surface area contributed by atoms with Gasteiger partial charge in [-0.15, -0.1) is 0 Å². The summed E-state index contributed by atoms with van der Waals surface area (Å²) in [5.74, 6) is 0.596. The zero-order valence-corrected chi connectivity index (χ0v) is 20.7. The molecule has 0 saturated heterocycles. The van der Waals surface area contributed by atoms with Crippen molar-refractivity contribution in [2.24, 2.45) is 0 Å². The monoisotopic (exact) mass is 498 g/mol. The molecule has 3 aromatic carbocycles.